The largest absolute Gasteiger partial charge is 0.493 e. The quantitative estimate of drug-likeness (QED) is 0.804. The van der Waals surface area contributed by atoms with Crippen LogP contribution >= 0.6 is 0 Å². The first kappa shape index (κ1) is 20.7. The molecule has 2 amide bonds. The molecule has 8 heteroatoms. The van der Waals surface area contributed by atoms with Gasteiger partial charge in [0.2, 0.25) is 11.8 Å². The topological polar surface area (TPSA) is 85.7 Å². The highest BCUT2D eigenvalue weighted by atomic mass is 16.5. The van der Waals surface area contributed by atoms with Gasteiger partial charge in [0.1, 0.15) is 0 Å². The predicted octanol–water partition coefficient (Wildman–Crippen LogP) is 2.28. The summed E-state index contributed by atoms with van der Waals surface area (Å²) in [6.45, 7) is 6.19. The molecule has 0 radical (unpaired) electrons. The van der Waals surface area contributed by atoms with Crippen LogP contribution in [-0.4, -0.2) is 42.4 Å². The molecule has 1 saturated heterocycles. The lowest BCUT2D eigenvalue weighted by atomic mass is 10.0. The maximum atomic E-state index is 12.8. The number of ether oxygens (including phenoxy) is 2. The van der Waals surface area contributed by atoms with Crippen LogP contribution in [-0.2, 0) is 16.6 Å². The molecule has 8 nitrogen and oxygen atoms in total. The van der Waals surface area contributed by atoms with E-state index in [0.29, 0.717) is 23.7 Å². The number of hydrogen-bond acceptors (Lipinski definition) is 5. The number of carbonyl (C=O) groups excluding carboxylic acids is 2. The highest BCUT2D eigenvalue weighted by molar-refractivity contribution is 6.00. The molecule has 1 N–H and O–H groups in total. The fourth-order valence-corrected chi connectivity index (χ4v) is 3.95. The third-order valence-electron chi connectivity index (χ3n) is 5.53. The Morgan fingerprint density at radius 2 is 1.93 bits per heavy atom. The number of aromatic nitrogens is 2. The second-order valence-electron chi connectivity index (χ2n) is 7.38. The van der Waals surface area contributed by atoms with E-state index in [9.17, 15) is 9.59 Å². The van der Waals surface area contributed by atoms with Crippen molar-refractivity contribution in [2.45, 2.75) is 33.2 Å². The summed E-state index contributed by atoms with van der Waals surface area (Å²) >= 11 is 0. The summed E-state index contributed by atoms with van der Waals surface area (Å²) in [6.07, 6.45) is 0.178. The lowest BCUT2D eigenvalue weighted by Crippen LogP contribution is -2.35. The molecule has 1 aliphatic heterocycles. The Morgan fingerprint density at radius 3 is 2.52 bits per heavy atom. The number of carbonyl (C=O) groups is 2. The molecule has 156 valence electrons. The molecule has 1 aromatic carbocycles. The van der Waals surface area contributed by atoms with Gasteiger partial charge in [-0.2, -0.15) is 5.10 Å². The number of nitrogens with one attached hydrogen (secondary N) is 1. The third kappa shape index (κ3) is 3.92. The van der Waals surface area contributed by atoms with Crippen LogP contribution in [0.25, 0.3) is 0 Å². The molecule has 0 aliphatic carbocycles. The number of hydrogen-bond donors (Lipinski definition) is 1. The van der Waals surface area contributed by atoms with E-state index in [1.54, 1.807) is 37.3 Å². The summed E-state index contributed by atoms with van der Waals surface area (Å²) in [6, 6.07) is 5.12. The molecular formula is C21H28N4O4. The SMILES string of the molecule is COc1ccc(N2CC(C(=O)NC(C)c3c(C)nn(C)c3C)CC2=O)cc1OC. The van der Waals surface area contributed by atoms with Crippen molar-refractivity contribution in [3.05, 3.63) is 35.2 Å². The number of aryl methyl sites for hydroxylation is 2. The lowest BCUT2D eigenvalue weighted by molar-refractivity contribution is -0.126. The van der Waals surface area contributed by atoms with E-state index in [4.69, 9.17) is 9.47 Å². The molecule has 1 fully saturated rings. The molecule has 1 aliphatic rings. The maximum absolute atomic E-state index is 12.8. The maximum Gasteiger partial charge on any atom is 0.227 e. The molecule has 3 rings (SSSR count). The molecule has 2 aromatic rings. The van der Waals surface area contributed by atoms with Crippen molar-refractivity contribution >= 4 is 17.5 Å². The van der Waals surface area contributed by atoms with Gasteiger partial charge < -0.3 is 19.7 Å². The Bertz CT molecular complexity index is 937. The standard InChI is InChI=1S/C21H28N4O4/c1-12(20-13(2)23-24(4)14(20)3)22-21(27)15-9-19(26)25(11-15)16-7-8-17(28-5)18(10-16)29-6/h7-8,10,12,15H,9,11H2,1-6H3,(H,22,27). The van der Waals surface area contributed by atoms with E-state index >= 15 is 0 Å². The van der Waals surface area contributed by atoms with E-state index in [1.165, 1.54) is 0 Å². The van der Waals surface area contributed by atoms with Crippen molar-refractivity contribution < 1.29 is 19.1 Å². The van der Waals surface area contributed by atoms with Crippen LogP contribution in [0.1, 0.15) is 36.3 Å². The second kappa shape index (κ2) is 8.14. The van der Waals surface area contributed by atoms with Gasteiger partial charge in [0, 0.05) is 43.0 Å². The van der Waals surface area contributed by atoms with Crippen molar-refractivity contribution in [3.8, 4) is 11.5 Å². The van der Waals surface area contributed by atoms with Crippen molar-refractivity contribution in [2.24, 2.45) is 13.0 Å². The molecule has 2 atom stereocenters. The third-order valence-corrected chi connectivity index (χ3v) is 5.53. The highest BCUT2D eigenvalue weighted by Gasteiger charge is 2.36. The molecule has 2 unspecified atom stereocenters. The predicted molar refractivity (Wildman–Crippen MR) is 109 cm³/mol. The fraction of sp³-hybridized carbons (Fsp3) is 0.476. The van der Waals surface area contributed by atoms with E-state index in [2.05, 4.69) is 10.4 Å². The molecule has 0 bridgehead atoms. The van der Waals surface area contributed by atoms with Crippen molar-refractivity contribution in [2.75, 3.05) is 25.7 Å². The molecule has 1 aromatic heterocycles. The van der Waals surface area contributed by atoms with Crippen molar-refractivity contribution in [1.82, 2.24) is 15.1 Å². The first-order valence-corrected chi connectivity index (χ1v) is 9.59. The second-order valence-corrected chi connectivity index (χ2v) is 7.38. The summed E-state index contributed by atoms with van der Waals surface area (Å²) in [7, 11) is 5.00. The Labute approximate surface area is 170 Å². The first-order chi connectivity index (χ1) is 13.8. The number of rotatable bonds is 6. The van der Waals surface area contributed by atoms with Gasteiger partial charge in [-0.25, -0.2) is 0 Å². The van der Waals surface area contributed by atoms with Crippen LogP contribution in [0.5, 0.6) is 11.5 Å². The van der Waals surface area contributed by atoms with E-state index in [-0.39, 0.29) is 24.3 Å². The normalized spacial score (nSPS) is 17.4. The van der Waals surface area contributed by atoms with E-state index in [0.717, 1.165) is 17.0 Å². The highest BCUT2D eigenvalue weighted by Crippen LogP contribution is 2.34. The number of amides is 2. The Balaban J connectivity index is 1.72. The number of benzene rings is 1. The summed E-state index contributed by atoms with van der Waals surface area (Å²) in [5, 5.41) is 7.46. The van der Waals surface area contributed by atoms with Gasteiger partial charge in [-0.3, -0.25) is 14.3 Å². The fourth-order valence-electron chi connectivity index (χ4n) is 3.95. The molecule has 0 spiro atoms. The minimum Gasteiger partial charge on any atom is -0.493 e. The average Bonchev–Trinajstić information content (AvgIpc) is 3.20. The smallest absolute Gasteiger partial charge is 0.227 e. The lowest BCUT2D eigenvalue weighted by Gasteiger charge is -2.20. The number of anilines is 1. The van der Waals surface area contributed by atoms with Gasteiger partial charge in [-0.1, -0.05) is 0 Å². The zero-order valence-corrected chi connectivity index (χ0v) is 17.8. The average molecular weight is 400 g/mol. The van der Waals surface area contributed by atoms with Gasteiger partial charge in [-0.15, -0.1) is 0 Å². The minimum absolute atomic E-state index is 0.0845. The molecule has 0 saturated carbocycles. The summed E-state index contributed by atoms with van der Waals surface area (Å²) < 4.78 is 12.4. The first-order valence-electron chi connectivity index (χ1n) is 9.59. The van der Waals surface area contributed by atoms with E-state index in [1.807, 2.05) is 32.5 Å². The number of nitrogens with zero attached hydrogens (tertiary/aromatic N) is 3. The summed E-state index contributed by atoms with van der Waals surface area (Å²) in [5.41, 5.74) is 3.62. The van der Waals surface area contributed by atoms with Gasteiger partial charge in [0.25, 0.3) is 0 Å². The van der Waals surface area contributed by atoms with Crippen LogP contribution in [0.4, 0.5) is 5.69 Å². The van der Waals surface area contributed by atoms with Crippen LogP contribution in [0, 0.1) is 19.8 Å². The monoisotopic (exact) mass is 400 g/mol. The van der Waals surface area contributed by atoms with Crippen LogP contribution in [0.3, 0.4) is 0 Å². The molecule has 29 heavy (non-hydrogen) atoms. The van der Waals surface area contributed by atoms with Crippen molar-refractivity contribution in [3.63, 3.8) is 0 Å². The molecular weight excluding hydrogens is 372 g/mol. The van der Waals surface area contributed by atoms with Crippen molar-refractivity contribution in [1.29, 1.82) is 0 Å². The Kier molecular flexibility index (Phi) is 5.81. The Hall–Kier alpha value is -3.03. The minimum atomic E-state index is -0.407. The summed E-state index contributed by atoms with van der Waals surface area (Å²) in [5.74, 6) is 0.514. The van der Waals surface area contributed by atoms with Gasteiger partial charge >= 0.3 is 0 Å². The molecule has 2 heterocycles. The zero-order chi connectivity index (χ0) is 21.3. The summed E-state index contributed by atoms with van der Waals surface area (Å²) in [4.78, 5) is 27.0. The van der Waals surface area contributed by atoms with Gasteiger partial charge in [0.05, 0.1) is 31.9 Å². The van der Waals surface area contributed by atoms with E-state index < -0.39 is 5.92 Å². The van der Waals surface area contributed by atoms with Crippen LogP contribution in [0.2, 0.25) is 0 Å². The van der Waals surface area contributed by atoms with Crippen LogP contribution in [0.15, 0.2) is 18.2 Å². The van der Waals surface area contributed by atoms with Gasteiger partial charge in [0.15, 0.2) is 11.5 Å². The zero-order valence-electron chi connectivity index (χ0n) is 17.8. The van der Waals surface area contributed by atoms with Gasteiger partial charge in [-0.05, 0) is 32.9 Å². The van der Waals surface area contributed by atoms with Crippen LogP contribution < -0.4 is 19.7 Å². The number of methoxy groups -OCH3 is 2. The Morgan fingerprint density at radius 1 is 1.24 bits per heavy atom.